The van der Waals surface area contributed by atoms with Crippen LogP contribution in [0.2, 0.25) is 0 Å². The van der Waals surface area contributed by atoms with E-state index >= 15 is 0 Å². The van der Waals surface area contributed by atoms with Gasteiger partial charge in [-0.25, -0.2) is 4.39 Å². The summed E-state index contributed by atoms with van der Waals surface area (Å²) in [6.07, 6.45) is 2.46. The third-order valence-electron chi connectivity index (χ3n) is 3.20. The molecule has 0 saturated heterocycles. The Balaban J connectivity index is 2.24. The number of thiophene rings is 1. The van der Waals surface area contributed by atoms with Crippen LogP contribution in [0.1, 0.15) is 13.3 Å². The molecule has 0 amide bonds. The van der Waals surface area contributed by atoms with Crippen LogP contribution >= 0.6 is 11.3 Å². The maximum Gasteiger partial charge on any atom is 0.201 e. The van der Waals surface area contributed by atoms with Gasteiger partial charge >= 0.3 is 0 Å². The first kappa shape index (κ1) is 13.8. The van der Waals surface area contributed by atoms with Crippen molar-refractivity contribution in [1.29, 1.82) is 0 Å². The Bertz CT molecular complexity index is 824. The van der Waals surface area contributed by atoms with E-state index in [1.807, 2.05) is 24.4 Å². The van der Waals surface area contributed by atoms with Crippen LogP contribution in [-0.4, -0.2) is 11.6 Å². The number of pyridine rings is 1. The second kappa shape index (κ2) is 5.69. The molecule has 21 heavy (non-hydrogen) atoms. The van der Waals surface area contributed by atoms with Gasteiger partial charge in [0.25, 0.3) is 0 Å². The van der Waals surface area contributed by atoms with Gasteiger partial charge in [-0.15, -0.1) is 11.3 Å². The molecule has 3 nitrogen and oxygen atoms in total. The van der Waals surface area contributed by atoms with Crippen LogP contribution in [0.5, 0.6) is 5.75 Å². The molecule has 5 heteroatoms. The molecule has 0 atom stereocenters. The van der Waals surface area contributed by atoms with Gasteiger partial charge in [0.05, 0.1) is 23.1 Å². The number of halogens is 1. The van der Waals surface area contributed by atoms with Gasteiger partial charge in [-0.05, 0) is 30.0 Å². The molecule has 0 unspecified atom stereocenters. The Kier molecular flexibility index (Phi) is 3.75. The molecule has 108 valence electrons. The Morgan fingerprint density at radius 1 is 1.33 bits per heavy atom. The van der Waals surface area contributed by atoms with Gasteiger partial charge in [0.2, 0.25) is 5.43 Å². The SMILES string of the molecule is CCCOc1ccc(F)c2c(=O)c(-c3cccs3)c[nH]c12. The molecule has 0 fully saturated rings. The van der Waals surface area contributed by atoms with E-state index in [9.17, 15) is 9.18 Å². The topological polar surface area (TPSA) is 42.1 Å². The molecule has 0 aliphatic carbocycles. The predicted molar refractivity (Wildman–Crippen MR) is 83.6 cm³/mol. The van der Waals surface area contributed by atoms with Crippen LogP contribution in [0.3, 0.4) is 0 Å². The monoisotopic (exact) mass is 303 g/mol. The molecule has 0 aliphatic rings. The Hall–Kier alpha value is -2.14. The Labute approximate surface area is 125 Å². The van der Waals surface area contributed by atoms with Crippen molar-refractivity contribution in [1.82, 2.24) is 4.98 Å². The van der Waals surface area contributed by atoms with E-state index in [2.05, 4.69) is 4.98 Å². The van der Waals surface area contributed by atoms with Crippen LogP contribution in [-0.2, 0) is 0 Å². The van der Waals surface area contributed by atoms with Gasteiger partial charge in [-0.2, -0.15) is 0 Å². The molecule has 1 aromatic carbocycles. The highest BCUT2D eigenvalue weighted by Gasteiger charge is 2.15. The minimum atomic E-state index is -0.534. The van der Waals surface area contributed by atoms with Crippen molar-refractivity contribution in [3.63, 3.8) is 0 Å². The van der Waals surface area contributed by atoms with Crippen molar-refractivity contribution in [2.75, 3.05) is 6.61 Å². The first-order valence-corrected chi connectivity index (χ1v) is 7.61. The van der Waals surface area contributed by atoms with Gasteiger partial charge in [-0.1, -0.05) is 13.0 Å². The number of H-pyrrole nitrogens is 1. The van der Waals surface area contributed by atoms with Gasteiger partial charge < -0.3 is 9.72 Å². The average molecular weight is 303 g/mol. The van der Waals surface area contributed by atoms with Crippen molar-refractivity contribution in [2.24, 2.45) is 0 Å². The van der Waals surface area contributed by atoms with E-state index in [1.54, 1.807) is 12.3 Å². The molecule has 2 heterocycles. The van der Waals surface area contributed by atoms with E-state index in [0.29, 0.717) is 23.4 Å². The number of hydrogen-bond acceptors (Lipinski definition) is 3. The Morgan fingerprint density at radius 2 is 2.19 bits per heavy atom. The third kappa shape index (κ3) is 2.45. The van der Waals surface area contributed by atoms with E-state index < -0.39 is 5.82 Å². The normalized spacial score (nSPS) is 11.0. The summed E-state index contributed by atoms with van der Waals surface area (Å²) in [7, 11) is 0. The van der Waals surface area contributed by atoms with Crippen LogP contribution in [0.15, 0.2) is 40.6 Å². The smallest absolute Gasteiger partial charge is 0.201 e. The summed E-state index contributed by atoms with van der Waals surface area (Å²) in [5.74, 6) is -0.0309. The number of nitrogens with one attached hydrogen (secondary N) is 1. The lowest BCUT2D eigenvalue weighted by atomic mass is 10.1. The second-order valence-electron chi connectivity index (χ2n) is 4.65. The molecule has 2 aromatic heterocycles. The van der Waals surface area contributed by atoms with E-state index in [-0.39, 0.29) is 10.8 Å². The molecule has 3 rings (SSSR count). The quantitative estimate of drug-likeness (QED) is 0.785. The van der Waals surface area contributed by atoms with Gasteiger partial charge in [0.1, 0.15) is 11.6 Å². The van der Waals surface area contributed by atoms with E-state index in [1.165, 1.54) is 17.4 Å². The lowest BCUT2D eigenvalue weighted by Crippen LogP contribution is -2.09. The van der Waals surface area contributed by atoms with Gasteiger partial charge in [0.15, 0.2) is 0 Å². The van der Waals surface area contributed by atoms with E-state index in [4.69, 9.17) is 4.74 Å². The molecule has 3 aromatic rings. The molecule has 1 N–H and O–H groups in total. The number of aromatic amines is 1. The summed E-state index contributed by atoms with van der Waals surface area (Å²) in [6, 6.07) is 6.53. The first-order chi connectivity index (χ1) is 10.2. The second-order valence-corrected chi connectivity index (χ2v) is 5.60. The molecule has 0 saturated carbocycles. The summed E-state index contributed by atoms with van der Waals surface area (Å²) in [4.78, 5) is 16.4. The van der Waals surface area contributed by atoms with Gasteiger partial charge in [0, 0.05) is 11.1 Å². The minimum absolute atomic E-state index is 0.0505. The lowest BCUT2D eigenvalue weighted by molar-refractivity contribution is 0.320. The van der Waals surface area contributed by atoms with Crippen molar-refractivity contribution >= 4 is 22.2 Å². The van der Waals surface area contributed by atoms with Crippen LogP contribution in [0.25, 0.3) is 21.3 Å². The Morgan fingerprint density at radius 3 is 2.90 bits per heavy atom. The predicted octanol–water partition coefficient (Wildman–Crippen LogP) is 4.18. The number of benzene rings is 1. The highest BCUT2D eigenvalue weighted by atomic mass is 32.1. The standard InChI is InChI=1S/C16H14FNO2S/c1-2-7-20-12-6-5-11(17)14-15(12)18-9-10(16(14)19)13-4-3-8-21-13/h3-6,8-9H,2,7H2,1H3,(H,18,19). The van der Waals surface area contributed by atoms with Crippen molar-refractivity contribution < 1.29 is 9.13 Å². The molecular weight excluding hydrogens is 289 g/mol. The molecule has 0 aliphatic heterocycles. The maximum absolute atomic E-state index is 14.1. The highest BCUT2D eigenvalue weighted by molar-refractivity contribution is 7.13. The van der Waals surface area contributed by atoms with Crippen LogP contribution < -0.4 is 10.2 Å². The first-order valence-electron chi connectivity index (χ1n) is 6.73. The van der Waals surface area contributed by atoms with Crippen molar-refractivity contribution in [3.05, 3.63) is 51.9 Å². The van der Waals surface area contributed by atoms with Crippen LogP contribution in [0.4, 0.5) is 4.39 Å². The lowest BCUT2D eigenvalue weighted by Gasteiger charge is -2.09. The summed E-state index contributed by atoms with van der Waals surface area (Å²) in [5, 5.41) is 1.94. The van der Waals surface area contributed by atoms with Gasteiger partial charge in [-0.3, -0.25) is 4.79 Å². The summed E-state index contributed by atoms with van der Waals surface area (Å²) in [5.41, 5.74) is 0.573. The highest BCUT2D eigenvalue weighted by Crippen LogP contribution is 2.28. The number of aromatic nitrogens is 1. The number of fused-ring (bicyclic) bond motifs is 1. The fourth-order valence-electron chi connectivity index (χ4n) is 2.22. The minimum Gasteiger partial charge on any atom is -0.491 e. The van der Waals surface area contributed by atoms with Crippen LogP contribution in [0, 0.1) is 5.82 Å². The third-order valence-corrected chi connectivity index (χ3v) is 4.10. The fraction of sp³-hybridized carbons (Fsp3) is 0.188. The summed E-state index contributed by atoms with van der Waals surface area (Å²) < 4.78 is 19.7. The number of rotatable bonds is 4. The molecular formula is C16H14FNO2S. The molecule has 0 bridgehead atoms. The zero-order chi connectivity index (χ0) is 14.8. The number of hydrogen-bond donors (Lipinski definition) is 1. The molecule has 0 spiro atoms. The van der Waals surface area contributed by atoms with Crippen molar-refractivity contribution in [2.45, 2.75) is 13.3 Å². The van der Waals surface area contributed by atoms with Crippen molar-refractivity contribution in [3.8, 4) is 16.2 Å². The number of ether oxygens (including phenoxy) is 1. The fourth-order valence-corrected chi connectivity index (χ4v) is 2.95. The zero-order valence-corrected chi connectivity index (χ0v) is 12.3. The maximum atomic E-state index is 14.1. The molecule has 0 radical (unpaired) electrons. The summed E-state index contributed by atoms with van der Waals surface area (Å²) >= 11 is 1.45. The average Bonchev–Trinajstić information content (AvgIpc) is 3.01. The zero-order valence-electron chi connectivity index (χ0n) is 11.5. The summed E-state index contributed by atoms with van der Waals surface area (Å²) in [6.45, 7) is 2.51. The largest absolute Gasteiger partial charge is 0.491 e. The van der Waals surface area contributed by atoms with E-state index in [0.717, 1.165) is 11.3 Å².